The second-order valence-electron chi connectivity index (χ2n) is 3.21. The summed E-state index contributed by atoms with van der Waals surface area (Å²) in [4.78, 5) is 11.4. The zero-order valence-corrected chi connectivity index (χ0v) is 8.57. The molecular formula is C11H8F3NO2. The molecule has 1 aromatic rings. The Morgan fingerprint density at radius 2 is 1.94 bits per heavy atom. The Morgan fingerprint density at radius 3 is 2.41 bits per heavy atom. The van der Waals surface area contributed by atoms with Crippen LogP contribution in [0, 0.1) is 11.3 Å². The van der Waals surface area contributed by atoms with E-state index in [-0.39, 0.29) is 5.56 Å². The SMILES string of the molecule is N#C[C@@H](CC(F)(F)F)OC(=O)c1ccccc1. The van der Waals surface area contributed by atoms with Crippen LogP contribution < -0.4 is 0 Å². The maximum absolute atomic E-state index is 12.0. The van der Waals surface area contributed by atoms with Gasteiger partial charge in [-0.3, -0.25) is 0 Å². The summed E-state index contributed by atoms with van der Waals surface area (Å²) in [5.41, 5.74) is 0.106. The van der Waals surface area contributed by atoms with E-state index in [2.05, 4.69) is 4.74 Å². The van der Waals surface area contributed by atoms with E-state index in [4.69, 9.17) is 5.26 Å². The van der Waals surface area contributed by atoms with Gasteiger partial charge in [-0.1, -0.05) is 18.2 Å². The van der Waals surface area contributed by atoms with Gasteiger partial charge in [0.2, 0.25) is 0 Å². The van der Waals surface area contributed by atoms with Crippen molar-refractivity contribution in [1.82, 2.24) is 0 Å². The van der Waals surface area contributed by atoms with E-state index in [1.807, 2.05) is 0 Å². The van der Waals surface area contributed by atoms with Gasteiger partial charge in [-0.2, -0.15) is 18.4 Å². The lowest BCUT2D eigenvalue weighted by molar-refractivity contribution is -0.148. The van der Waals surface area contributed by atoms with Crippen molar-refractivity contribution in [3.8, 4) is 6.07 Å². The van der Waals surface area contributed by atoms with Crippen molar-refractivity contribution in [2.75, 3.05) is 0 Å². The number of alkyl halides is 3. The molecule has 0 spiro atoms. The lowest BCUT2D eigenvalue weighted by Gasteiger charge is -2.12. The minimum absolute atomic E-state index is 0.106. The van der Waals surface area contributed by atoms with Crippen LogP contribution in [0.2, 0.25) is 0 Å². The predicted molar refractivity (Wildman–Crippen MR) is 51.9 cm³/mol. The molecule has 0 saturated heterocycles. The molecule has 1 aromatic carbocycles. The first-order valence-electron chi connectivity index (χ1n) is 4.65. The van der Waals surface area contributed by atoms with E-state index >= 15 is 0 Å². The Labute approximate surface area is 95.4 Å². The normalized spacial score (nSPS) is 12.6. The first kappa shape index (κ1) is 13.0. The van der Waals surface area contributed by atoms with Gasteiger partial charge in [-0.15, -0.1) is 0 Å². The Hall–Kier alpha value is -2.03. The van der Waals surface area contributed by atoms with Crippen LogP contribution in [0.3, 0.4) is 0 Å². The number of nitriles is 1. The number of hydrogen-bond donors (Lipinski definition) is 0. The van der Waals surface area contributed by atoms with Crippen LogP contribution in [-0.2, 0) is 4.74 Å². The van der Waals surface area contributed by atoms with Crippen molar-refractivity contribution >= 4 is 5.97 Å². The van der Waals surface area contributed by atoms with Gasteiger partial charge in [0.25, 0.3) is 0 Å². The number of benzene rings is 1. The third-order valence-electron chi connectivity index (χ3n) is 1.82. The summed E-state index contributed by atoms with van der Waals surface area (Å²) in [6.07, 6.45) is -7.83. The molecule has 0 saturated carbocycles. The van der Waals surface area contributed by atoms with Gasteiger partial charge in [-0.05, 0) is 12.1 Å². The molecule has 0 aliphatic carbocycles. The zero-order valence-electron chi connectivity index (χ0n) is 8.57. The number of nitrogens with zero attached hydrogens (tertiary/aromatic N) is 1. The summed E-state index contributed by atoms with van der Waals surface area (Å²) in [6, 6.07) is 8.82. The molecule has 3 nitrogen and oxygen atoms in total. The van der Waals surface area contributed by atoms with Gasteiger partial charge >= 0.3 is 12.1 Å². The van der Waals surface area contributed by atoms with E-state index in [0.717, 1.165) is 0 Å². The molecule has 0 unspecified atom stereocenters. The summed E-state index contributed by atoms with van der Waals surface area (Å²) < 4.78 is 40.5. The average Bonchev–Trinajstić information content (AvgIpc) is 2.27. The van der Waals surface area contributed by atoms with Crippen molar-refractivity contribution in [2.24, 2.45) is 0 Å². The number of esters is 1. The van der Waals surface area contributed by atoms with Crippen LogP contribution in [0.25, 0.3) is 0 Å². The van der Waals surface area contributed by atoms with Crippen molar-refractivity contribution in [3.63, 3.8) is 0 Å². The first-order valence-corrected chi connectivity index (χ1v) is 4.65. The highest BCUT2D eigenvalue weighted by atomic mass is 19.4. The quantitative estimate of drug-likeness (QED) is 0.767. The van der Waals surface area contributed by atoms with Crippen LogP contribution in [0.15, 0.2) is 30.3 Å². The van der Waals surface area contributed by atoms with Gasteiger partial charge in [0.05, 0.1) is 12.0 Å². The maximum atomic E-state index is 12.0. The highest BCUT2D eigenvalue weighted by Gasteiger charge is 2.34. The van der Waals surface area contributed by atoms with Gasteiger partial charge in [0.1, 0.15) is 6.07 Å². The molecule has 0 amide bonds. The monoisotopic (exact) mass is 243 g/mol. The predicted octanol–water partition coefficient (Wildman–Crippen LogP) is 2.69. The van der Waals surface area contributed by atoms with Gasteiger partial charge < -0.3 is 4.74 Å². The van der Waals surface area contributed by atoms with Gasteiger partial charge in [0, 0.05) is 0 Å². The minimum atomic E-state index is -4.54. The van der Waals surface area contributed by atoms with Crippen molar-refractivity contribution in [1.29, 1.82) is 5.26 Å². The fourth-order valence-corrected chi connectivity index (χ4v) is 1.10. The smallest absolute Gasteiger partial charge is 0.393 e. The summed E-state index contributed by atoms with van der Waals surface area (Å²) in [5, 5.41) is 8.46. The molecule has 0 fully saturated rings. The molecular weight excluding hydrogens is 235 g/mol. The summed E-state index contributed by atoms with van der Waals surface area (Å²) in [7, 11) is 0. The molecule has 0 aliphatic rings. The topological polar surface area (TPSA) is 50.1 Å². The lowest BCUT2D eigenvalue weighted by Crippen LogP contribution is -2.23. The molecule has 17 heavy (non-hydrogen) atoms. The third-order valence-corrected chi connectivity index (χ3v) is 1.82. The van der Waals surface area contributed by atoms with Crippen LogP contribution in [-0.4, -0.2) is 18.2 Å². The number of ether oxygens (including phenoxy) is 1. The van der Waals surface area contributed by atoms with Gasteiger partial charge in [-0.25, -0.2) is 4.79 Å². The van der Waals surface area contributed by atoms with E-state index in [1.165, 1.54) is 18.2 Å². The first-order chi connectivity index (χ1) is 7.92. The third kappa shape index (κ3) is 4.55. The van der Waals surface area contributed by atoms with E-state index in [9.17, 15) is 18.0 Å². The Morgan fingerprint density at radius 1 is 1.35 bits per heavy atom. The maximum Gasteiger partial charge on any atom is 0.393 e. The highest BCUT2D eigenvalue weighted by molar-refractivity contribution is 5.89. The second kappa shape index (κ2) is 5.34. The number of halogens is 3. The molecule has 1 rings (SSSR count). The highest BCUT2D eigenvalue weighted by Crippen LogP contribution is 2.23. The average molecular weight is 243 g/mol. The van der Waals surface area contributed by atoms with E-state index in [1.54, 1.807) is 18.2 Å². The molecule has 6 heteroatoms. The molecule has 0 bridgehead atoms. The molecule has 1 atom stereocenters. The van der Waals surface area contributed by atoms with Crippen LogP contribution in [0.4, 0.5) is 13.2 Å². The van der Waals surface area contributed by atoms with Gasteiger partial charge in [0.15, 0.2) is 6.10 Å². The number of rotatable bonds is 3. The van der Waals surface area contributed by atoms with Crippen molar-refractivity contribution in [3.05, 3.63) is 35.9 Å². The van der Waals surface area contributed by atoms with Crippen LogP contribution >= 0.6 is 0 Å². The second-order valence-corrected chi connectivity index (χ2v) is 3.21. The number of carbonyl (C=O) groups excluding carboxylic acids is 1. The van der Waals surface area contributed by atoms with Crippen molar-refractivity contribution in [2.45, 2.75) is 18.7 Å². The standard InChI is InChI=1S/C11H8F3NO2/c12-11(13,14)6-9(7-15)17-10(16)8-4-2-1-3-5-8/h1-5,9H,6H2/t9-/m1/s1. The molecule has 90 valence electrons. The Kier molecular flexibility index (Phi) is 4.10. The number of carbonyl (C=O) groups is 1. The van der Waals surface area contributed by atoms with E-state index in [0.29, 0.717) is 0 Å². The fourth-order valence-electron chi connectivity index (χ4n) is 1.10. The fraction of sp³-hybridized carbons (Fsp3) is 0.273. The Bertz CT molecular complexity index is 423. The molecule has 0 radical (unpaired) electrons. The van der Waals surface area contributed by atoms with Crippen LogP contribution in [0.1, 0.15) is 16.8 Å². The van der Waals surface area contributed by atoms with Crippen LogP contribution in [0.5, 0.6) is 0 Å². The van der Waals surface area contributed by atoms with Crippen molar-refractivity contribution < 1.29 is 22.7 Å². The summed E-state index contributed by atoms with van der Waals surface area (Å²) in [5.74, 6) is -0.943. The lowest BCUT2D eigenvalue weighted by atomic mass is 10.2. The minimum Gasteiger partial charge on any atom is -0.443 e. The summed E-state index contributed by atoms with van der Waals surface area (Å²) >= 11 is 0. The molecule has 0 aromatic heterocycles. The van der Waals surface area contributed by atoms with E-state index < -0.39 is 24.7 Å². The molecule has 0 heterocycles. The zero-order chi connectivity index (χ0) is 12.9. The largest absolute Gasteiger partial charge is 0.443 e. The number of hydrogen-bond acceptors (Lipinski definition) is 3. The molecule has 0 aliphatic heterocycles. The summed E-state index contributed by atoms with van der Waals surface area (Å²) in [6.45, 7) is 0. The molecule has 0 N–H and O–H groups in total. The Balaban J connectivity index is 2.65.